The molecule has 0 bridgehead atoms. The lowest BCUT2D eigenvalue weighted by Gasteiger charge is -2.07. The molecular formula is C12H17NO3S. The number of nitrogens with one attached hydrogen (secondary N) is 1. The number of carbonyl (C=O) groups excluding carboxylic acids is 1. The van der Waals surface area contributed by atoms with Crippen molar-refractivity contribution in [1.82, 2.24) is 5.32 Å². The molecule has 1 rings (SSSR count). The summed E-state index contributed by atoms with van der Waals surface area (Å²) >= 11 is 1.50. The number of hydrogen-bond acceptors (Lipinski definition) is 3. The standard InChI is InChI=1S/C12H17NO3S/c1-8(12(15)16)4-3-5-13-11(14)10-7-17-6-9(10)2/h6-8H,3-5H2,1-2H3,(H,13,14)(H,15,16). The van der Waals surface area contributed by atoms with Gasteiger partial charge in [-0.15, -0.1) is 0 Å². The van der Waals surface area contributed by atoms with Gasteiger partial charge in [0.15, 0.2) is 0 Å². The fourth-order valence-corrected chi connectivity index (χ4v) is 2.25. The van der Waals surface area contributed by atoms with Crippen molar-refractivity contribution in [2.45, 2.75) is 26.7 Å². The first-order chi connectivity index (χ1) is 8.02. The molecule has 0 aliphatic carbocycles. The Labute approximate surface area is 105 Å². The SMILES string of the molecule is Cc1cscc1C(=O)NCCCC(C)C(=O)O. The first-order valence-corrected chi connectivity index (χ1v) is 6.50. The minimum Gasteiger partial charge on any atom is -0.481 e. The van der Waals surface area contributed by atoms with Crippen molar-refractivity contribution in [2.75, 3.05) is 6.54 Å². The molecule has 1 heterocycles. The zero-order chi connectivity index (χ0) is 12.8. The Kier molecular flexibility index (Phi) is 5.15. The van der Waals surface area contributed by atoms with Gasteiger partial charge in [-0.1, -0.05) is 6.92 Å². The summed E-state index contributed by atoms with van der Waals surface area (Å²) in [7, 11) is 0. The van der Waals surface area contributed by atoms with Crippen molar-refractivity contribution in [3.8, 4) is 0 Å². The van der Waals surface area contributed by atoms with Crippen LogP contribution in [0.25, 0.3) is 0 Å². The lowest BCUT2D eigenvalue weighted by Crippen LogP contribution is -2.25. The maximum absolute atomic E-state index is 11.7. The number of aliphatic carboxylic acids is 1. The maximum Gasteiger partial charge on any atom is 0.306 e. The second-order valence-electron chi connectivity index (χ2n) is 4.11. The highest BCUT2D eigenvalue weighted by molar-refractivity contribution is 7.08. The van der Waals surface area contributed by atoms with Gasteiger partial charge in [0.1, 0.15) is 0 Å². The summed E-state index contributed by atoms with van der Waals surface area (Å²) in [6.45, 7) is 4.09. The smallest absolute Gasteiger partial charge is 0.306 e. The predicted molar refractivity (Wildman–Crippen MR) is 67.4 cm³/mol. The molecule has 0 aromatic carbocycles. The van der Waals surface area contributed by atoms with Crippen LogP contribution in [0.4, 0.5) is 0 Å². The highest BCUT2D eigenvalue weighted by atomic mass is 32.1. The summed E-state index contributed by atoms with van der Waals surface area (Å²) in [5.74, 6) is -1.22. The quantitative estimate of drug-likeness (QED) is 0.766. The number of carbonyl (C=O) groups is 2. The highest BCUT2D eigenvalue weighted by Crippen LogP contribution is 2.13. The lowest BCUT2D eigenvalue weighted by molar-refractivity contribution is -0.141. The number of amides is 1. The van der Waals surface area contributed by atoms with Crippen LogP contribution in [0, 0.1) is 12.8 Å². The molecule has 17 heavy (non-hydrogen) atoms. The number of carboxylic acids is 1. The van der Waals surface area contributed by atoms with Gasteiger partial charge >= 0.3 is 5.97 Å². The minimum atomic E-state index is -0.787. The van der Waals surface area contributed by atoms with Crippen LogP contribution >= 0.6 is 11.3 Å². The van der Waals surface area contributed by atoms with Gasteiger partial charge in [-0.3, -0.25) is 9.59 Å². The Morgan fingerprint density at radius 1 is 1.47 bits per heavy atom. The van der Waals surface area contributed by atoms with Crippen LogP contribution in [0.1, 0.15) is 35.7 Å². The van der Waals surface area contributed by atoms with Gasteiger partial charge in [0.25, 0.3) is 5.91 Å². The second kappa shape index (κ2) is 6.39. The van der Waals surface area contributed by atoms with Crippen molar-refractivity contribution in [3.05, 3.63) is 21.9 Å². The van der Waals surface area contributed by atoms with E-state index in [2.05, 4.69) is 5.32 Å². The third kappa shape index (κ3) is 4.19. The van der Waals surface area contributed by atoms with Crippen molar-refractivity contribution >= 4 is 23.2 Å². The topological polar surface area (TPSA) is 66.4 Å². The van der Waals surface area contributed by atoms with Crippen LogP contribution in [0.2, 0.25) is 0 Å². The van der Waals surface area contributed by atoms with Crippen molar-refractivity contribution in [1.29, 1.82) is 0 Å². The molecule has 0 saturated heterocycles. The average Bonchev–Trinajstić information content (AvgIpc) is 2.70. The normalized spacial score (nSPS) is 12.1. The summed E-state index contributed by atoms with van der Waals surface area (Å²) in [6.07, 6.45) is 1.26. The van der Waals surface area contributed by atoms with Crippen LogP contribution in [-0.2, 0) is 4.79 Å². The van der Waals surface area contributed by atoms with E-state index < -0.39 is 5.97 Å². The number of rotatable bonds is 6. The Bertz CT molecular complexity index is 400. The third-order valence-corrected chi connectivity index (χ3v) is 3.48. The number of aryl methyl sites for hydroxylation is 1. The molecule has 0 radical (unpaired) electrons. The lowest BCUT2D eigenvalue weighted by atomic mass is 10.1. The first kappa shape index (κ1) is 13.7. The van der Waals surface area contributed by atoms with Crippen LogP contribution in [0.3, 0.4) is 0 Å². The molecule has 1 unspecified atom stereocenters. The number of thiophene rings is 1. The van der Waals surface area contributed by atoms with E-state index in [1.807, 2.05) is 17.7 Å². The van der Waals surface area contributed by atoms with E-state index in [9.17, 15) is 9.59 Å². The largest absolute Gasteiger partial charge is 0.481 e. The molecule has 0 aliphatic heterocycles. The zero-order valence-electron chi connectivity index (χ0n) is 10.0. The molecule has 94 valence electrons. The summed E-state index contributed by atoms with van der Waals surface area (Å²) in [4.78, 5) is 22.3. The van der Waals surface area contributed by atoms with Crippen LogP contribution in [0.15, 0.2) is 10.8 Å². The number of carboxylic acid groups (broad SMARTS) is 1. The molecule has 0 aliphatic rings. The van der Waals surface area contributed by atoms with Crippen molar-refractivity contribution in [2.24, 2.45) is 5.92 Å². The summed E-state index contributed by atoms with van der Waals surface area (Å²) < 4.78 is 0. The molecule has 0 spiro atoms. The summed E-state index contributed by atoms with van der Waals surface area (Å²) in [5, 5.41) is 15.2. The van der Waals surface area contributed by atoms with E-state index in [4.69, 9.17) is 5.11 Å². The van der Waals surface area contributed by atoms with Gasteiger partial charge in [-0.25, -0.2) is 0 Å². The Hall–Kier alpha value is -1.36. The van der Waals surface area contributed by atoms with E-state index in [0.717, 1.165) is 5.56 Å². The maximum atomic E-state index is 11.7. The van der Waals surface area contributed by atoms with E-state index in [0.29, 0.717) is 24.9 Å². The molecule has 0 fully saturated rings. The Balaban J connectivity index is 2.26. The van der Waals surface area contributed by atoms with Gasteiger partial charge < -0.3 is 10.4 Å². The molecule has 1 amide bonds. The van der Waals surface area contributed by atoms with Crippen LogP contribution in [-0.4, -0.2) is 23.5 Å². The predicted octanol–water partition coefficient (Wildman–Crippen LogP) is 2.29. The molecule has 0 saturated carbocycles. The fourth-order valence-electron chi connectivity index (χ4n) is 1.42. The van der Waals surface area contributed by atoms with Gasteiger partial charge in [-0.2, -0.15) is 11.3 Å². The average molecular weight is 255 g/mol. The van der Waals surface area contributed by atoms with E-state index in [1.165, 1.54) is 11.3 Å². The Morgan fingerprint density at radius 2 is 2.18 bits per heavy atom. The van der Waals surface area contributed by atoms with Gasteiger partial charge in [0.2, 0.25) is 0 Å². The fraction of sp³-hybridized carbons (Fsp3) is 0.500. The molecule has 1 atom stereocenters. The molecular weight excluding hydrogens is 238 g/mol. The van der Waals surface area contributed by atoms with E-state index in [1.54, 1.807) is 6.92 Å². The van der Waals surface area contributed by atoms with Gasteiger partial charge in [0, 0.05) is 11.9 Å². The third-order valence-electron chi connectivity index (χ3n) is 2.62. The van der Waals surface area contributed by atoms with Crippen molar-refractivity contribution in [3.63, 3.8) is 0 Å². The Morgan fingerprint density at radius 3 is 2.71 bits per heavy atom. The summed E-state index contributed by atoms with van der Waals surface area (Å²) in [5.41, 5.74) is 1.69. The van der Waals surface area contributed by atoms with Gasteiger partial charge in [-0.05, 0) is 30.7 Å². The van der Waals surface area contributed by atoms with Crippen LogP contribution < -0.4 is 5.32 Å². The van der Waals surface area contributed by atoms with E-state index >= 15 is 0 Å². The summed E-state index contributed by atoms with van der Waals surface area (Å²) in [6, 6.07) is 0. The molecule has 1 aromatic rings. The highest BCUT2D eigenvalue weighted by Gasteiger charge is 2.11. The van der Waals surface area contributed by atoms with Crippen LogP contribution in [0.5, 0.6) is 0 Å². The zero-order valence-corrected chi connectivity index (χ0v) is 10.8. The second-order valence-corrected chi connectivity index (χ2v) is 4.85. The van der Waals surface area contributed by atoms with E-state index in [-0.39, 0.29) is 11.8 Å². The van der Waals surface area contributed by atoms with Gasteiger partial charge in [0.05, 0.1) is 11.5 Å². The molecule has 2 N–H and O–H groups in total. The molecule has 4 nitrogen and oxygen atoms in total. The number of hydrogen-bond donors (Lipinski definition) is 2. The minimum absolute atomic E-state index is 0.0771. The monoisotopic (exact) mass is 255 g/mol. The molecule has 1 aromatic heterocycles. The molecule has 5 heteroatoms. The van der Waals surface area contributed by atoms with Crippen molar-refractivity contribution < 1.29 is 14.7 Å². The first-order valence-electron chi connectivity index (χ1n) is 5.56.